The summed E-state index contributed by atoms with van der Waals surface area (Å²) >= 11 is 5.90. The molecule has 0 aromatic carbocycles. The van der Waals surface area contributed by atoms with Crippen LogP contribution in [0.5, 0.6) is 0 Å². The molecule has 3 aromatic heterocycles. The van der Waals surface area contributed by atoms with Crippen molar-refractivity contribution in [2.75, 3.05) is 11.2 Å². The van der Waals surface area contributed by atoms with E-state index in [1.807, 2.05) is 0 Å². The standard InChI is InChI=1S/C18H20ClN5O3/c1-10-11(2)20-17(22-15(10)25)24-14(21-16(26)18(3,4)9-19)8-12(23-24)13-6-5-7-27-13/h5-8H,9H2,1-4H3,(H,21,26)(H,20,22,25). The second-order valence-corrected chi connectivity index (χ2v) is 7.14. The van der Waals surface area contributed by atoms with Crippen LogP contribution < -0.4 is 10.9 Å². The van der Waals surface area contributed by atoms with Crippen LogP contribution in [0.2, 0.25) is 0 Å². The van der Waals surface area contributed by atoms with Gasteiger partial charge in [-0.1, -0.05) is 0 Å². The van der Waals surface area contributed by atoms with Crippen LogP contribution in [-0.4, -0.2) is 31.5 Å². The van der Waals surface area contributed by atoms with Gasteiger partial charge in [-0.15, -0.1) is 11.6 Å². The van der Waals surface area contributed by atoms with Crippen molar-refractivity contribution in [3.8, 4) is 17.4 Å². The number of H-pyrrole nitrogens is 1. The Morgan fingerprint density at radius 1 is 1.41 bits per heavy atom. The van der Waals surface area contributed by atoms with Gasteiger partial charge in [0.25, 0.3) is 5.56 Å². The minimum Gasteiger partial charge on any atom is -0.463 e. The second-order valence-electron chi connectivity index (χ2n) is 6.88. The molecule has 9 heteroatoms. The van der Waals surface area contributed by atoms with Gasteiger partial charge in [0.2, 0.25) is 11.9 Å². The Balaban J connectivity index is 2.11. The van der Waals surface area contributed by atoms with Crippen LogP contribution in [0.1, 0.15) is 25.1 Å². The normalized spacial score (nSPS) is 11.6. The molecule has 1 amide bonds. The summed E-state index contributed by atoms with van der Waals surface area (Å²) in [6.45, 7) is 6.90. The summed E-state index contributed by atoms with van der Waals surface area (Å²) in [6.07, 6.45) is 1.53. The minimum absolute atomic E-state index is 0.150. The number of aromatic nitrogens is 4. The number of hydrogen-bond donors (Lipinski definition) is 2. The lowest BCUT2D eigenvalue weighted by atomic mass is 9.95. The molecule has 0 aliphatic carbocycles. The van der Waals surface area contributed by atoms with Crippen molar-refractivity contribution < 1.29 is 9.21 Å². The molecule has 0 saturated carbocycles. The van der Waals surface area contributed by atoms with Gasteiger partial charge in [0, 0.05) is 23.2 Å². The number of carbonyl (C=O) groups is 1. The number of nitrogens with one attached hydrogen (secondary N) is 2. The van der Waals surface area contributed by atoms with Gasteiger partial charge in [0.1, 0.15) is 11.5 Å². The number of rotatable bonds is 5. The van der Waals surface area contributed by atoms with E-state index in [1.165, 1.54) is 10.9 Å². The number of furan rings is 1. The zero-order chi connectivity index (χ0) is 19.8. The van der Waals surface area contributed by atoms with Crippen LogP contribution in [-0.2, 0) is 4.79 Å². The van der Waals surface area contributed by atoms with Crippen molar-refractivity contribution in [2.45, 2.75) is 27.7 Å². The Hall–Kier alpha value is -2.87. The highest BCUT2D eigenvalue weighted by Crippen LogP contribution is 2.26. The van der Waals surface area contributed by atoms with E-state index >= 15 is 0 Å². The fourth-order valence-corrected chi connectivity index (χ4v) is 2.37. The Morgan fingerprint density at radius 3 is 2.74 bits per heavy atom. The molecule has 142 valence electrons. The quantitative estimate of drug-likeness (QED) is 0.652. The summed E-state index contributed by atoms with van der Waals surface area (Å²) in [7, 11) is 0. The van der Waals surface area contributed by atoms with Crippen LogP contribution in [0, 0.1) is 19.3 Å². The predicted molar refractivity (Wildman–Crippen MR) is 102 cm³/mol. The molecule has 0 aliphatic heterocycles. The van der Waals surface area contributed by atoms with Crippen molar-refractivity contribution in [1.82, 2.24) is 19.7 Å². The lowest BCUT2D eigenvalue weighted by molar-refractivity contribution is -0.123. The highest BCUT2D eigenvalue weighted by atomic mass is 35.5. The van der Waals surface area contributed by atoms with E-state index in [1.54, 1.807) is 45.9 Å². The third-order valence-corrected chi connectivity index (χ3v) is 4.92. The summed E-state index contributed by atoms with van der Waals surface area (Å²) in [6, 6.07) is 5.13. The van der Waals surface area contributed by atoms with E-state index < -0.39 is 5.41 Å². The number of halogens is 1. The van der Waals surface area contributed by atoms with Crippen LogP contribution in [0.25, 0.3) is 17.4 Å². The number of aryl methyl sites for hydroxylation is 1. The number of hydrogen-bond acceptors (Lipinski definition) is 5. The van der Waals surface area contributed by atoms with Gasteiger partial charge >= 0.3 is 0 Å². The Labute approximate surface area is 160 Å². The van der Waals surface area contributed by atoms with Gasteiger partial charge in [-0.2, -0.15) is 9.78 Å². The molecule has 0 fully saturated rings. The number of nitrogens with zero attached hydrogens (tertiary/aromatic N) is 3. The lowest BCUT2D eigenvalue weighted by Crippen LogP contribution is -2.33. The van der Waals surface area contributed by atoms with Crippen LogP contribution >= 0.6 is 11.6 Å². The Kier molecular flexibility index (Phi) is 4.93. The maximum absolute atomic E-state index is 12.6. The molecule has 3 aromatic rings. The first-order chi connectivity index (χ1) is 12.7. The third-order valence-electron chi connectivity index (χ3n) is 4.26. The third kappa shape index (κ3) is 3.66. The molecule has 2 N–H and O–H groups in total. The van der Waals surface area contributed by atoms with Gasteiger partial charge < -0.3 is 9.73 Å². The zero-order valence-electron chi connectivity index (χ0n) is 15.5. The van der Waals surface area contributed by atoms with E-state index in [0.29, 0.717) is 28.5 Å². The number of aromatic amines is 1. The average molecular weight is 390 g/mol. The summed E-state index contributed by atoms with van der Waals surface area (Å²) in [5.74, 6) is 0.926. The van der Waals surface area contributed by atoms with E-state index in [4.69, 9.17) is 16.0 Å². The number of anilines is 1. The van der Waals surface area contributed by atoms with Crippen molar-refractivity contribution in [3.05, 3.63) is 46.1 Å². The van der Waals surface area contributed by atoms with Crippen molar-refractivity contribution in [1.29, 1.82) is 0 Å². The van der Waals surface area contributed by atoms with Crippen molar-refractivity contribution in [2.24, 2.45) is 5.41 Å². The molecule has 0 aliphatic rings. The first-order valence-corrected chi connectivity index (χ1v) is 8.85. The van der Waals surface area contributed by atoms with Crippen LogP contribution in [0.15, 0.2) is 33.7 Å². The fourth-order valence-electron chi connectivity index (χ4n) is 2.25. The van der Waals surface area contributed by atoms with Crippen molar-refractivity contribution >= 4 is 23.3 Å². The van der Waals surface area contributed by atoms with E-state index in [9.17, 15) is 9.59 Å². The Morgan fingerprint density at radius 2 is 2.15 bits per heavy atom. The molecule has 3 rings (SSSR count). The minimum atomic E-state index is -0.786. The van der Waals surface area contributed by atoms with Gasteiger partial charge in [0.15, 0.2) is 5.76 Å². The average Bonchev–Trinajstić information content (AvgIpc) is 3.28. The summed E-state index contributed by atoms with van der Waals surface area (Å²) in [5, 5.41) is 7.25. The first-order valence-electron chi connectivity index (χ1n) is 8.32. The molecule has 8 nitrogen and oxygen atoms in total. The monoisotopic (exact) mass is 389 g/mol. The molecule has 0 bridgehead atoms. The maximum atomic E-state index is 12.6. The molecular formula is C18H20ClN5O3. The first kappa shape index (κ1) is 18.9. The zero-order valence-corrected chi connectivity index (χ0v) is 16.2. The van der Waals surface area contributed by atoms with Crippen molar-refractivity contribution in [3.63, 3.8) is 0 Å². The van der Waals surface area contributed by atoms with Gasteiger partial charge in [-0.25, -0.2) is 4.98 Å². The lowest BCUT2D eigenvalue weighted by Gasteiger charge is -2.20. The van der Waals surface area contributed by atoms with E-state index in [2.05, 4.69) is 20.4 Å². The summed E-state index contributed by atoms with van der Waals surface area (Å²) in [5.41, 5.74) is 0.518. The fraction of sp³-hybridized carbons (Fsp3) is 0.333. The highest BCUT2D eigenvalue weighted by Gasteiger charge is 2.28. The molecule has 0 saturated heterocycles. The topological polar surface area (TPSA) is 106 Å². The molecule has 3 heterocycles. The van der Waals surface area contributed by atoms with Gasteiger partial charge in [-0.05, 0) is 39.8 Å². The highest BCUT2D eigenvalue weighted by molar-refractivity contribution is 6.20. The molecule has 0 radical (unpaired) electrons. The van der Waals surface area contributed by atoms with Gasteiger partial charge in [0.05, 0.1) is 11.7 Å². The number of alkyl halides is 1. The number of carbonyl (C=O) groups excluding carboxylic acids is 1. The molecule has 0 unspecified atom stereocenters. The summed E-state index contributed by atoms with van der Waals surface area (Å²) < 4.78 is 6.75. The SMILES string of the molecule is Cc1nc(-n2nc(-c3ccco3)cc2NC(=O)C(C)(C)CCl)[nH]c(=O)c1C. The smallest absolute Gasteiger partial charge is 0.255 e. The van der Waals surface area contributed by atoms with Crippen LogP contribution in [0.4, 0.5) is 5.82 Å². The number of amides is 1. The molecular weight excluding hydrogens is 370 g/mol. The van der Waals surface area contributed by atoms with Gasteiger partial charge in [-0.3, -0.25) is 14.6 Å². The summed E-state index contributed by atoms with van der Waals surface area (Å²) in [4.78, 5) is 31.8. The Bertz CT molecular complexity index is 1030. The largest absolute Gasteiger partial charge is 0.463 e. The molecule has 0 spiro atoms. The molecule has 0 atom stereocenters. The van der Waals surface area contributed by atoms with E-state index in [-0.39, 0.29) is 23.3 Å². The van der Waals surface area contributed by atoms with E-state index in [0.717, 1.165) is 0 Å². The second kappa shape index (κ2) is 7.03. The maximum Gasteiger partial charge on any atom is 0.255 e. The molecule has 27 heavy (non-hydrogen) atoms. The van der Waals surface area contributed by atoms with Crippen LogP contribution in [0.3, 0.4) is 0 Å². The predicted octanol–water partition coefficient (Wildman–Crippen LogP) is 3.04.